The van der Waals surface area contributed by atoms with Crippen LogP contribution in [0.25, 0.3) is 0 Å². The minimum absolute atomic E-state index is 0.0137. The summed E-state index contributed by atoms with van der Waals surface area (Å²) in [7, 11) is 0. The van der Waals surface area contributed by atoms with E-state index in [-0.39, 0.29) is 11.8 Å². The Morgan fingerprint density at radius 3 is 2.38 bits per heavy atom. The summed E-state index contributed by atoms with van der Waals surface area (Å²) >= 11 is 1.43. The van der Waals surface area contributed by atoms with Crippen molar-refractivity contribution < 1.29 is 14.3 Å². The van der Waals surface area contributed by atoms with Crippen LogP contribution in [-0.2, 0) is 22.6 Å². The largest absolute Gasteiger partial charge is 0.377 e. The number of unbranched alkanes of at least 4 members (excludes halogenated alkanes) is 1. The summed E-state index contributed by atoms with van der Waals surface area (Å²) in [6.45, 7) is 9.65. The van der Waals surface area contributed by atoms with E-state index in [0.717, 1.165) is 74.9 Å². The second-order valence-electron chi connectivity index (χ2n) is 12.4. The first-order valence-electron chi connectivity index (χ1n) is 16.6. The molecule has 2 amide bonds. The molecule has 1 aromatic heterocycles. The number of aromatic nitrogens is 2. The maximum absolute atomic E-state index is 12.7. The molecule has 0 radical (unpaired) electrons. The maximum atomic E-state index is 12.7. The number of benzene rings is 2. The molecular weight excluding hydrogens is 584 g/mol. The predicted molar refractivity (Wildman–Crippen MR) is 181 cm³/mol. The van der Waals surface area contributed by atoms with Crippen LogP contribution < -0.4 is 15.5 Å². The molecule has 10 heteroatoms. The van der Waals surface area contributed by atoms with Gasteiger partial charge in [0.25, 0.3) is 5.91 Å². The number of carbonyl (C=O) groups excluding carboxylic acids is 2. The lowest BCUT2D eigenvalue weighted by Gasteiger charge is -2.31. The standard InChI is InChI=1S/C35H48N6O3S/c1-2-3-18-40-19-13-29(14-20-40)25-36-33(43)31-11-9-30(10-12-31)26-44-23-17-27-15-21-41(22-16-27)35-39-38-34(45-35)37-32(42)24-28-7-5-4-6-8-28/h4-12,27,29H,2-3,13-26H2,1H3,(H,36,43)(H,37,38,42). The zero-order valence-electron chi connectivity index (χ0n) is 26.6. The van der Waals surface area contributed by atoms with E-state index in [9.17, 15) is 9.59 Å². The minimum Gasteiger partial charge on any atom is -0.377 e. The third kappa shape index (κ3) is 10.6. The van der Waals surface area contributed by atoms with Crippen LogP contribution >= 0.6 is 11.3 Å². The molecule has 2 N–H and O–H groups in total. The highest BCUT2D eigenvalue weighted by molar-refractivity contribution is 7.19. The Morgan fingerprint density at radius 1 is 0.911 bits per heavy atom. The third-order valence-corrected chi connectivity index (χ3v) is 9.89. The van der Waals surface area contributed by atoms with Gasteiger partial charge in [-0.15, -0.1) is 10.2 Å². The lowest BCUT2D eigenvalue weighted by Crippen LogP contribution is -2.39. The molecule has 0 spiro atoms. The lowest BCUT2D eigenvalue weighted by molar-refractivity contribution is -0.115. The summed E-state index contributed by atoms with van der Waals surface area (Å²) < 4.78 is 6.00. The van der Waals surface area contributed by atoms with Crippen LogP contribution in [-0.4, -0.2) is 72.8 Å². The van der Waals surface area contributed by atoms with Gasteiger partial charge in [-0.3, -0.25) is 9.59 Å². The number of carbonyl (C=O) groups is 2. The number of likely N-dealkylation sites (tertiary alicyclic amines) is 1. The molecule has 2 saturated heterocycles. The van der Waals surface area contributed by atoms with E-state index in [1.807, 2.05) is 54.6 Å². The van der Waals surface area contributed by atoms with Crippen LogP contribution in [0.2, 0.25) is 0 Å². The molecule has 0 aliphatic carbocycles. The first kappa shape index (κ1) is 33.0. The highest BCUT2D eigenvalue weighted by atomic mass is 32.1. The normalized spacial score (nSPS) is 16.5. The van der Waals surface area contributed by atoms with Crippen LogP contribution in [0.1, 0.15) is 73.4 Å². The lowest BCUT2D eigenvalue weighted by atomic mass is 9.94. The molecule has 3 heterocycles. The molecule has 45 heavy (non-hydrogen) atoms. The molecule has 2 aliphatic heterocycles. The van der Waals surface area contributed by atoms with Gasteiger partial charge in [-0.1, -0.05) is 67.1 Å². The van der Waals surface area contributed by atoms with E-state index < -0.39 is 0 Å². The van der Waals surface area contributed by atoms with Crippen LogP contribution in [0.5, 0.6) is 0 Å². The van der Waals surface area contributed by atoms with Gasteiger partial charge in [-0.25, -0.2) is 0 Å². The fourth-order valence-corrected chi connectivity index (χ4v) is 6.89. The van der Waals surface area contributed by atoms with E-state index in [0.29, 0.717) is 35.6 Å². The molecule has 242 valence electrons. The number of anilines is 2. The molecule has 3 aromatic rings. The molecule has 0 bridgehead atoms. The Bertz CT molecular complexity index is 1320. The average Bonchev–Trinajstić information content (AvgIpc) is 3.54. The van der Waals surface area contributed by atoms with Crippen LogP contribution in [0.4, 0.5) is 10.3 Å². The third-order valence-electron chi connectivity index (χ3n) is 8.99. The van der Waals surface area contributed by atoms with Gasteiger partial charge < -0.3 is 25.2 Å². The number of rotatable bonds is 15. The van der Waals surface area contributed by atoms with Crippen molar-refractivity contribution in [1.82, 2.24) is 20.4 Å². The summed E-state index contributed by atoms with van der Waals surface area (Å²) in [6, 6.07) is 17.5. The molecule has 2 aromatic carbocycles. The Hall–Kier alpha value is -3.34. The Balaban J connectivity index is 0.932. The Morgan fingerprint density at radius 2 is 1.64 bits per heavy atom. The molecule has 0 atom stereocenters. The molecule has 0 saturated carbocycles. The first-order chi connectivity index (χ1) is 22.1. The average molecular weight is 633 g/mol. The smallest absolute Gasteiger partial charge is 0.251 e. The zero-order valence-corrected chi connectivity index (χ0v) is 27.4. The van der Waals surface area contributed by atoms with Crippen LogP contribution in [0.3, 0.4) is 0 Å². The maximum Gasteiger partial charge on any atom is 0.251 e. The molecule has 2 fully saturated rings. The fourth-order valence-electron chi connectivity index (χ4n) is 6.08. The van der Waals surface area contributed by atoms with E-state index in [1.165, 1.54) is 43.6 Å². The second kappa shape index (κ2) is 17.4. The van der Waals surface area contributed by atoms with Crippen LogP contribution in [0, 0.1) is 11.8 Å². The van der Waals surface area contributed by atoms with Gasteiger partial charge in [0.15, 0.2) is 0 Å². The summed E-state index contributed by atoms with van der Waals surface area (Å²) in [6.07, 6.45) is 8.38. The quantitative estimate of drug-likeness (QED) is 0.205. The van der Waals surface area contributed by atoms with E-state index in [1.54, 1.807) is 0 Å². The van der Waals surface area contributed by atoms with Gasteiger partial charge in [0.1, 0.15) is 0 Å². The Labute approximate surface area is 271 Å². The van der Waals surface area contributed by atoms with Crippen molar-refractivity contribution in [3.05, 3.63) is 71.3 Å². The van der Waals surface area contributed by atoms with E-state index in [2.05, 4.69) is 37.6 Å². The second-order valence-corrected chi connectivity index (χ2v) is 13.4. The van der Waals surface area contributed by atoms with Gasteiger partial charge in [0.2, 0.25) is 16.2 Å². The van der Waals surface area contributed by atoms with Gasteiger partial charge in [0.05, 0.1) is 13.0 Å². The van der Waals surface area contributed by atoms with Crippen molar-refractivity contribution in [2.75, 3.05) is 56.1 Å². The van der Waals surface area contributed by atoms with Crippen molar-refractivity contribution >= 4 is 33.4 Å². The molecule has 0 unspecified atom stereocenters. The SMILES string of the molecule is CCCCN1CCC(CNC(=O)c2ccc(COCCC3CCN(c4nnc(NC(=O)Cc5ccccc5)s4)CC3)cc2)CC1. The molecule has 2 aliphatic rings. The van der Waals surface area contributed by atoms with E-state index in [4.69, 9.17) is 4.74 Å². The van der Waals surface area contributed by atoms with Gasteiger partial charge in [0, 0.05) is 31.8 Å². The van der Waals surface area contributed by atoms with Crippen molar-refractivity contribution in [3.8, 4) is 0 Å². The molecule has 5 rings (SSSR count). The summed E-state index contributed by atoms with van der Waals surface area (Å²) in [5.41, 5.74) is 2.77. The topological polar surface area (TPSA) is 99.7 Å². The van der Waals surface area contributed by atoms with Gasteiger partial charge in [-0.2, -0.15) is 0 Å². The zero-order chi connectivity index (χ0) is 31.3. The highest BCUT2D eigenvalue weighted by Crippen LogP contribution is 2.29. The van der Waals surface area contributed by atoms with Gasteiger partial charge in [-0.05, 0) is 93.3 Å². The highest BCUT2D eigenvalue weighted by Gasteiger charge is 2.23. The summed E-state index contributed by atoms with van der Waals surface area (Å²) in [5.74, 6) is 1.13. The number of amides is 2. The number of nitrogens with zero attached hydrogens (tertiary/aromatic N) is 4. The van der Waals surface area contributed by atoms with Crippen molar-refractivity contribution in [3.63, 3.8) is 0 Å². The minimum atomic E-state index is -0.0803. The Kier molecular flexibility index (Phi) is 12.8. The fraction of sp³-hybridized carbons (Fsp3) is 0.543. The van der Waals surface area contributed by atoms with Crippen molar-refractivity contribution in [2.45, 2.75) is 64.9 Å². The number of hydrogen-bond acceptors (Lipinski definition) is 8. The number of nitrogens with one attached hydrogen (secondary N) is 2. The van der Waals surface area contributed by atoms with Crippen molar-refractivity contribution in [1.29, 1.82) is 0 Å². The number of hydrogen-bond donors (Lipinski definition) is 2. The number of ether oxygens (including phenoxy) is 1. The summed E-state index contributed by atoms with van der Waals surface area (Å²) in [4.78, 5) is 29.9. The van der Waals surface area contributed by atoms with Crippen LogP contribution in [0.15, 0.2) is 54.6 Å². The first-order valence-corrected chi connectivity index (χ1v) is 17.5. The van der Waals surface area contributed by atoms with E-state index >= 15 is 0 Å². The summed E-state index contributed by atoms with van der Waals surface area (Å²) in [5, 5.41) is 15.9. The number of piperidine rings is 2. The molecule has 9 nitrogen and oxygen atoms in total. The van der Waals surface area contributed by atoms with Gasteiger partial charge >= 0.3 is 0 Å². The predicted octanol–water partition coefficient (Wildman–Crippen LogP) is 5.78. The van der Waals surface area contributed by atoms with Crippen molar-refractivity contribution in [2.24, 2.45) is 11.8 Å². The molecular formula is C35H48N6O3S. The monoisotopic (exact) mass is 632 g/mol.